The molecule has 1 atom stereocenters. The Kier molecular flexibility index (Phi) is 4.34. The van der Waals surface area contributed by atoms with Gasteiger partial charge < -0.3 is 10.6 Å². The Labute approximate surface area is 127 Å². The number of carbonyl (C=O) groups is 1. The van der Waals surface area contributed by atoms with E-state index < -0.39 is 5.54 Å². The fourth-order valence-corrected chi connectivity index (χ4v) is 2.69. The molecule has 1 aliphatic carbocycles. The van der Waals surface area contributed by atoms with Crippen LogP contribution in [-0.2, 0) is 4.79 Å². The summed E-state index contributed by atoms with van der Waals surface area (Å²) in [5.41, 5.74) is 1.26. The summed E-state index contributed by atoms with van der Waals surface area (Å²) in [7, 11) is 0. The molecule has 0 saturated heterocycles. The highest BCUT2D eigenvalue weighted by Gasteiger charge is 2.42. The second-order valence-electron chi connectivity index (χ2n) is 5.45. The van der Waals surface area contributed by atoms with Crippen LogP contribution in [0.25, 0.3) is 0 Å². The molecule has 4 nitrogen and oxygen atoms in total. The van der Waals surface area contributed by atoms with E-state index in [1.54, 1.807) is 6.92 Å². The summed E-state index contributed by atoms with van der Waals surface area (Å²) in [5, 5.41) is 15.2. The van der Waals surface area contributed by atoms with Gasteiger partial charge in [-0.05, 0) is 56.4 Å². The number of carbonyl (C=O) groups excluding carboxylic acids is 1. The lowest BCUT2D eigenvalue weighted by molar-refractivity contribution is -0.120. The summed E-state index contributed by atoms with van der Waals surface area (Å²) in [6.45, 7) is 3.95. The highest BCUT2D eigenvalue weighted by atomic mass is 79.9. The normalized spacial score (nSPS) is 16.9. The molecule has 1 aliphatic rings. The number of hydrogen-bond donors (Lipinski definition) is 2. The molecule has 5 heteroatoms. The van der Waals surface area contributed by atoms with E-state index in [1.165, 1.54) is 0 Å². The zero-order valence-electron chi connectivity index (χ0n) is 11.7. The number of nitrogens with zero attached hydrogens (tertiary/aromatic N) is 1. The highest BCUT2D eigenvalue weighted by Crippen LogP contribution is 2.39. The van der Waals surface area contributed by atoms with Gasteiger partial charge in [0.15, 0.2) is 0 Å². The largest absolute Gasteiger partial charge is 0.376 e. The van der Waals surface area contributed by atoms with E-state index in [0.717, 1.165) is 28.6 Å². The molecule has 106 valence electrons. The minimum absolute atomic E-state index is 0.150. The van der Waals surface area contributed by atoms with Crippen LogP contribution in [0, 0.1) is 24.2 Å². The molecule has 2 rings (SSSR count). The highest BCUT2D eigenvalue weighted by molar-refractivity contribution is 9.10. The standard InChI is InChI=1S/C15H18BrN3O/c1-10-7-12(16)5-6-13(10)18-8-14(20)19-15(2,9-17)11-3-4-11/h5-7,11,18H,3-4,8H2,1-2H3,(H,19,20). The maximum atomic E-state index is 12.0. The van der Waals surface area contributed by atoms with Crippen molar-refractivity contribution in [2.24, 2.45) is 5.92 Å². The Morgan fingerprint density at radius 1 is 1.55 bits per heavy atom. The van der Waals surface area contributed by atoms with Crippen LogP contribution in [0.15, 0.2) is 22.7 Å². The van der Waals surface area contributed by atoms with Gasteiger partial charge in [0.1, 0.15) is 5.54 Å². The minimum Gasteiger partial charge on any atom is -0.376 e. The first kappa shape index (κ1) is 14.9. The lowest BCUT2D eigenvalue weighted by Gasteiger charge is -2.23. The fourth-order valence-electron chi connectivity index (χ4n) is 2.22. The van der Waals surface area contributed by atoms with Crippen LogP contribution < -0.4 is 10.6 Å². The Balaban J connectivity index is 1.90. The van der Waals surface area contributed by atoms with E-state index in [9.17, 15) is 10.1 Å². The van der Waals surface area contributed by atoms with Crippen LogP contribution in [0.2, 0.25) is 0 Å². The molecule has 20 heavy (non-hydrogen) atoms. The number of rotatable bonds is 5. The molecule has 0 radical (unpaired) electrons. The number of nitrogens with one attached hydrogen (secondary N) is 2. The summed E-state index contributed by atoms with van der Waals surface area (Å²) in [6.07, 6.45) is 2.03. The van der Waals surface area contributed by atoms with Gasteiger partial charge in [-0.3, -0.25) is 4.79 Å². The van der Waals surface area contributed by atoms with Crippen molar-refractivity contribution in [2.45, 2.75) is 32.2 Å². The molecule has 1 aromatic carbocycles. The predicted octanol–water partition coefficient (Wildman–Crippen LogP) is 2.98. The van der Waals surface area contributed by atoms with Gasteiger partial charge in [-0.1, -0.05) is 15.9 Å². The lowest BCUT2D eigenvalue weighted by Crippen LogP contribution is -2.48. The van der Waals surface area contributed by atoms with Crippen LogP contribution >= 0.6 is 15.9 Å². The zero-order chi connectivity index (χ0) is 14.8. The average molecular weight is 336 g/mol. The van der Waals surface area contributed by atoms with Crippen LogP contribution in [-0.4, -0.2) is 18.0 Å². The third kappa shape index (κ3) is 3.51. The van der Waals surface area contributed by atoms with Crippen molar-refractivity contribution in [1.29, 1.82) is 5.26 Å². The molecular formula is C15H18BrN3O. The first-order valence-corrected chi connectivity index (χ1v) is 7.46. The third-order valence-corrected chi connectivity index (χ3v) is 4.15. The molecular weight excluding hydrogens is 318 g/mol. The molecule has 1 unspecified atom stereocenters. The second kappa shape index (κ2) is 5.84. The Morgan fingerprint density at radius 3 is 2.80 bits per heavy atom. The van der Waals surface area contributed by atoms with Crippen molar-refractivity contribution in [3.05, 3.63) is 28.2 Å². The van der Waals surface area contributed by atoms with Gasteiger partial charge in [0, 0.05) is 10.2 Å². The zero-order valence-corrected chi connectivity index (χ0v) is 13.3. The number of hydrogen-bond acceptors (Lipinski definition) is 3. The monoisotopic (exact) mass is 335 g/mol. The molecule has 1 fully saturated rings. The summed E-state index contributed by atoms with van der Waals surface area (Å²) in [5.74, 6) is 0.147. The molecule has 0 bridgehead atoms. The number of nitriles is 1. The van der Waals surface area contributed by atoms with Crippen LogP contribution in [0.5, 0.6) is 0 Å². The number of aryl methyl sites for hydroxylation is 1. The van der Waals surface area contributed by atoms with E-state index in [1.807, 2.05) is 25.1 Å². The molecule has 0 spiro atoms. The van der Waals surface area contributed by atoms with E-state index >= 15 is 0 Å². The van der Waals surface area contributed by atoms with Gasteiger partial charge >= 0.3 is 0 Å². The number of benzene rings is 1. The SMILES string of the molecule is Cc1cc(Br)ccc1NCC(=O)NC(C)(C#N)C1CC1. The summed E-state index contributed by atoms with van der Waals surface area (Å²) < 4.78 is 1.01. The van der Waals surface area contributed by atoms with Gasteiger partial charge in [0.2, 0.25) is 5.91 Å². The molecule has 0 aromatic heterocycles. The average Bonchev–Trinajstić information content (AvgIpc) is 3.22. The van der Waals surface area contributed by atoms with Crippen molar-refractivity contribution >= 4 is 27.5 Å². The quantitative estimate of drug-likeness (QED) is 0.869. The molecule has 0 aliphatic heterocycles. The smallest absolute Gasteiger partial charge is 0.240 e. The van der Waals surface area contributed by atoms with E-state index in [2.05, 4.69) is 32.6 Å². The minimum atomic E-state index is -0.729. The summed E-state index contributed by atoms with van der Waals surface area (Å²) in [6, 6.07) is 8.07. The van der Waals surface area contributed by atoms with Crippen molar-refractivity contribution in [3.63, 3.8) is 0 Å². The van der Waals surface area contributed by atoms with Crippen LogP contribution in [0.3, 0.4) is 0 Å². The van der Waals surface area contributed by atoms with Crippen molar-refractivity contribution in [2.75, 3.05) is 11.9 Å². The van der Waals surface area contributed by atoms with Crippen LogP contribution in [0.4, 0.5) is 5.69 Å². The third-order valence-electron chi connectivity index (χ3n) is 3.65. The van der Waals surface area contributed by atoms with Crippen molar-refractivity contribution in [3.8, 4) is 6.07 Å². The molecule has 0 heterocycles. The number of halogens is 1. The van der Waals surface area contributed by atoms with E-state index in [4.69, 9.17) is 0 Å². The molecule has 1 aromatic rings. The Hall–Kier alpha value is -1.54. The first-order chi connectivity index (χ1) is 9.44. The topological polar surface area (TPSA) is 64.9 Å². The Morgan fingerprint density at radius 2 is 2.25 bits per heavy atom. The predicted molar refractivity (Wildman–Crippen MR) is 82.3 cm³/mol. The van der Waals surface area contributed by atoms with E-state index in [0.29, 0.717) is 5.92 Å². The second-order valence-corrected chi connectivity index (χ2v) is 6.37. The summed E-state index contributed by atoms with van der Waals surface area (Å²) >= 11 is 3.41. The number of amides is 1. The molecule has 1 amide bonds. The first-order valence-electron chi connectivity index (χ1n) is 6.67. The van der Waals surface area contributed by atoms with E-state index in [-0.39, 0.29) is 12.5 Å². The van der Waals surface area contributed by atoms with Gasteiger partial charge in [0.05, 0.1) is 12.6 Å². The lowest BCUT2D eigenvalue weighted by atomic mass is 9.98. The maximum absolute atomic E-state index is 12.0. The molecule has 1 saturated carbocycles. The Bertz CT molecular complexity index is 563. The fraction of sp³-hybridized carbons (Fsp3) is 0.467. The molecule has 2 N–H and O–H groups in total. The van der Waals surface area contributed by atoms with Crippen molar-refractivity contribution in [1.82, 2.24) is 5.32 Å². The van der Waals surface area contributed by atoms with Gasteiger partial charge in [-0.2, -0.15) is 5.26 Å². The summed E-state index contributed by atoms with van der Waals surface area (Å²) in [4.78, 5) is 12.0. The van der Waals surface area contributed by atoms with Gasteiger partial charge in [0.25, 0.3) is 0 Å². The van der Waals surface area contributed by atoms with Crippen molar-refractivity contribution < 1.29 is 4.79 Å². The van der Waals surface area contributed by atoms with Gasteiger partial charge in [-0.25, -0.2) is 0 Å². The van der Waals surface area contributed by atoms with Gasteiger partial charge in [-0.15, -0.1) is 0 Å². The number of anilines is 1. The maximum Gasteiger partial charge on any atom is 0.240 e. The van der Waals surface area contributed by atoms with Crippen LogP contribution in [0.1, 0.15) is 25.3 Å².